The fraction of sp³-hybridized carbons (Fsp3) is 0.842. The van der Waals surface area contributed by atoms with E-state index in [1.807, 2.05) is 10.9 Å². The van der Waals surface area contributed by atoms with Crippen LogP contribution in [0.1, 0.15) is 51.1 Å². The van der Waals surface area contributed by atoms with Crippen molar-refractivity contribution in [2.45, 2.75) is 76.7 Å². The van der Waals surface area contributed by atoms with E-state index in [9.17, 15) is 9.90 Å². The molecule has 3 atom stereocenters. The molecule has 8 heteroatoms. The van der Waals surface area contributed by atoms with Gasteiger partial charge in [0.2, 0.25) is 5.91 Å². The second kappa shape index (κ2) is 10.1. The molecule has 2 fully saturated rings. The molecule has 0 bridgehead atoms. The van der Waals surface area contributed by atoms with Crippen LogP contribution in [-0.2, 0) is 27.2 Å². The van der Waals surface area contributed by atoms with Crippen molar-refractivity contribution in [1.82, 2.24) is 20.3 Å². The Kier molecular flexibility index (Phi) is 7.60. The molecule has 1 aromatic rings. The van der Waals surface area contributed by atoms with Crippen LogP contribution in [0.15, 0.2) is 6.20 Å². The Morgan fingerprint density at radius 2 is 2.15 bits per heavy atom. The van der Waals surface area contributed by atoms with Gasteiger partial charge in [-0.2, -0.15) is 0 Å². The third-order valence-electron chi connectivity index (χ3n) is 5.49. The van der Waals surface area contributed by atoms with Crippen LogP contribution in [0.25, 0.3) is 0 Å². The highest BCUT2D eigenvalue weighted by atomic mass is 16.5. The summed E-state index contributed by atoms with van der Waals surface area (Å²) in [6, 6.07) is -0.121. The number of rotatable bonds is 8. The molecule has 0 saturated carbocycles. The Morgan fingerprint density at radius 3 is 2.89 bits per heavy atom. The number of aromatic nitrogens is 3. The molecule has 152 valence electrons. The molecule has 1 aromatic heterocycles. The van der Waals surface area contributed by atoms with Gasteiger partial charge >= 0.3 is 0 Å². The summed E-state index contributed by atoms with van der Waals surface area (Å²) < 4.78 is 13.2. The van der Waals surface area contributed by atoms with Crippen molar-refractivity contribution in [3.8, 4) is 0 Å². The van der Waals surface area contributed by atoms with E-state index in [0.29, 0.717) is 13.2 Å². The predicted octanol–water partition coefficient (Wildman–Crippen LogP) is 1.07. The lowest BCUT2D eigenvalue weighted by Crippen LogP contribution is -2.52. The van der Waals surface area contributed by atoms with Gasteiger partial charge in [0.1, 0.15) is 6.10 Å². The van der Waals surface area contributed by atoms with E-state index in [0.717, 1.165) is 57.2 Å². The monoisotopic (exact) mass is 380 g/mol. The van der Waals surface area contributed by atoms with Crippen LogP contribution < -0.4 is 5.32 Å². The molecule has 8 nitrogen and oxygen atoms in total. The average molecular weight is 380 g/mol. The number of aliphatic hydroxyl groups excluding tert-OH is 1. The van der Waals surface area contributed by atoms with Crippen LogP contribution in [0.5, 0.6) is 0 Å². The molecule has 3 heterocycles. The number of nitrogens with zero attached hydrogens (tertiary/aromatic N) is 3. The zero-order valence-corrected chi connectivity index (χ0v) is 16.2. The molecular formula is C19H32N4O4. The van der Waals surface area contributed by atoms with Crippen molar-refractivity contribution in [3.63, 3.8) is 0 Å². The molecule has 2 aliphatic rings. The van der Waals surface area contributed by atoms with E-state index in [2.05, 4.69) is 22.6 Å². The van der Waals surface area contributed by atoms with E-state index in [1.165, 1.54) is 0 Å². The number of hydrogen-bond donors (Lipinski definition) is 2. The summed E-state index contributed by atoms with van der Waals surface area (Å²) in [6.45, 7) is 4.08. The number of amides is 1. The first-order valence-electron chi connectivity index (χ1n) is 10.2. The van der Waals surface area contributed by atoms with Crippen LogP contribution in [0, 0.1) is 5.92 Å². The Balaban J connectivity index is 1.44. The molecule has 0 aromatic carbocycles. The van der Waals surface area contributed by atoms with Crippen molar-refractivity contribution in [2.75, 3.05) is 19.8 Å². The summed E-state index contributed by atoms with van der Waals surface area (Å²) in [5.41, 5.74) is 1.02. The van der Waals surface area contributed by atoms with Crippen molar-refractivity contribution in [3.05, 3.63) is 11.9 Å². The number of nitrogens with one attached hydrogen (secondary N) is 1. The van der Waals surface area contributed by atoms with Crippen molar-refractivity contribution < 1.29 is 19.4 Å². The second-order valence-corrected chi connectivity index (χ2v) is 7.57. The van der Waals surface area contributed by atoms with Crippen LogP contribution in [-0.4, -0.2) is 64.1 Å². The summed E-state index contributed by atoms with van der Waals surface area (Å²) in [5.74, 6) is 0.0790. The molecule has 27 heavy (non-hydrogen) atoms. The fourth-order valence-corrected chi connectivity index (χ4v) is 3.86. The smallest absolute Gasteiger partial charge is 0.223 e. The highest BCUT2D eigenvalue weighted by molar-refractivity contribution is 5.79. The van der Waals surface area contributed by atoms with Crippen LogP contribution in [0.2, 0.25) is 0 Å². The lowest BCUT2D eigenvalue weighted by Gasteiger charge is -2.37. The summed E-state index contributed by atoms with van der Waals surface area (Å²) >= 11 is 0. The molecule has 1 amide bonds. The standard InChI is InChI=1S/C19H32N4O4/c1-2-3-15-12-23(22-21-15)9-6-16-4-5-17(18(13-24)27-16)20-19(25)14-7-10-26-11-8-14/h12,14,16-18,24H,2-11,13H2,1H3,(H,20,25)/t16-,17+,18+/m1/s1. The summed E-state index contributed by atoms with van der Waals surface area (Å²) in [4.78, 5) is 12.5. The zero-order valence-electron chi connectivity index (χ0n) is 16.2. The normalized spacial score (nSPS) is 26.8. The van der Waals surface area contributed by atoms with Gasteiger partial charge in [0.05, 0.1) is 24.4 Å². The molecule has 0 aliphatic carbocycles. The Morgan fingerprint density at radius 1 is 1.33 bits per heavy atom. The third kappa shape index (κ3) is 5.73. The first-order valence-corrected chi connectivity index (χ1v) is 10.2. The zero-order chi connectivity index (χ0) is 19.1. The fourth-order valence-electron chi connectivity index (χ4n) is 3.86. The van der Waals surface area contributed by atoms with Gasteiger partial charge in [-0.15, -0.1) is 5.10 Å². The van der Waals surface area contributed by atoms with Crippen LogP contribution in [0.4, 0.5) is 0 Å². The predicted molar refractivity (Wildman–Crippen MR) is 99.1 cm³/mol. The Bertz CT molecular complexity index is 588. The van der Waals surface area contributed by atoms with Crippen LogP contribution >= 0.6 is 0 Å². The van der Waals surface area contributed by atoms with Gasteiger partial charge in [-0.1, -0.05) is 18.6 Å². The minimum atomic E-state index is -0.348. The number of aliphatic hydroxyl groups is 1. The van der Waals surface area contributed by atoms with E-state index < -0.39 is 0 Å². The van der Waals surface area contributed by atoms with Gasteiger partial charge in [-0.05, 0) is 38.5 Å². The van der Waals surface area contributed by atoms with Crippen molar-refractivity contribution >= 4 is 5.91 Å². The lowest BCUT2D eigenvalue weighted by atomic mass is 9.94. The quantitative estimate of drug-likeness (QED) is 0.700. The average Bonchev–Trinajstić information content (AvgIpc) is 3.15. The molecule has 3 rings (SSSR count). The molecule has 2 N–H and O–H groups in total. The maximum Gasteiger partial charge on any atom is 0.223 e. The summed E-state index contributed by atoms with van der Waals surface area (Å²) in [5, 5.41) is 21.1. The molecule has 0 spiro atoms. The highest BCUT2D eigenvalue weighted by Gasteiger charge is 2.33. The van der Waals surface area contributed by atoms with E-state index in [-0.39, 0.29) is 36.7 Å². The molecule has 2 saturated heterocycles. The number of carbonyl (C=O) groups excluding carboxylic acids is 1. The first kappa shape index (κ1) is 20.2. The molecule has 0 unspecified atom stereocenters. The van der Waals surface area contributed by atoms with Gasteiger partial charge in [-0.25, -0.2) is 0 Å². The molecule has 0 radical (unpaired) electrons. The topological polar surface area (TPSA) is 98.5 Å². The SMILES string of the molecule is CCCc1cn(CC[C@H]2CC[C@H](NC(=O)C3CCOCC3)[C@H](CO)O2)nn1. The first-order chi connectivity index (χ1) is 13.2. The molecular weight excluding hydrogens is 348 g/mol. The maximum atomic E-state index is 12.5. The third-order valence-corrected chi connectivity index (χ3v) is 5.49. The van der Waals surface area contributed by atoms with Crippen molar-refractivity contribution in [2.24, 2.45) is 5.92 Å². The number of ether oxygens (including phenoxy) is 2. The van der Waals surface area contributed by atoms with E-state index in [4.69, 9.17) is 9.47 Å². The highest BCUT2D eigenvalue weighted by Crippen LogP contribution is 2.23. The Hall–Kier alpha value is -1.51. The van der Waals surface area contributed by atoms with E-state index >= 15 is 0 Å². The Labute approximate surface area is 160 Å². The minimum Gasteiger partial charge on any atom is -0.394 e. The largest absolute Gasteiger partial charge is 0.394 e. The van der Waals surface area contributed by atoms with Gasteiger partial charge in [-0.3, -0.25) is 9.48 Å². The van der Waals surface area contributed by atoms with Gasteiger partial charge < -0.3 is 19.9 Å². The van der Waals surface area contributed by atoms with Crippen molar-refractivity contribution in [1.29, 1.82) is 0 Å². The second-order valence-electron chi connectivity index (χ2n) is 7.57. The van der Waals surface area contributed by atoms with Crippen LogP contribution in [0.3, 0.4) is 0 Å². The minimum absolute atomic E-state index is 0.0143. The number of hydrogen-bond acceptors (Lipinski definition) is 6. The van der Waals surface area contributed by atoms with Gasteiger partial charge in [0.25, 0.3) is 0 Å². The number of aryl methyl sites for hydroxylation is 2. The summed E-state index contributed by atoms with van der Waals surface area (Å²) in [6.07, 6.45) is 7.77. The van der Waals surface area contributed by atoms with Gasteiger partial charge in [0, 0.05) is 31.9 Å². The number of carbonyl (C=O) groups is 1. The van der Waals surface area contributed by atoms with E-state index in [1.54, 1.807) is 0 Å². The molecule has 2 aliphatic heterocycles. The lowest BCUT2D eigenvalue weighted by molar-refractivity contribution is -0.134. The summed E-state index contributed by atoms with van der Waals surface area (Å²) in [7, 11) is 0. The maximum absolute atomic E-state index is 12.5. The van der Waals surface area contributed by atoms with Gasteiger partial charge in [0.15, 0.2) is 0 Å².